The highest BCUT2D eigenvalue weighted by molar-refractivity contribution is 5.92. The molecule has 11 nitrogen and oxygen atoms in total. The number of aromatic nitrogens is 4. The van der Waals surface area contributed by atoms with Gasteiger partial charge in [0.05, 0.1) is 28.4 Å². The minimum atomic E-state index is -0.369. The van der Waals surface area contributed by atoms with Gasteiger partial charge < -0.3 is 28.8 Å². The second-order valence-corrected chi connectivity index (χ2v) is 13.9. The minimum absolute atomic E-state index is 0.190. The second kappa shape index (κ2) is 17.6. The summed E-state index contributed by atoms with van der Waals surface area (Å²) >= 11 is 0. The number of carbonyl (C=O) groups is 1. The van der Waals surface area contributed by atoms with Crippen molar-refractivity contribution in [2.45, 2.75) is 46.5 Å². The Morgan fingerprint density at radius 1 is 0.559 bits per heavy atom. The molecule has 0 saturated carbocycles. The number of phenolic OH excluding ortho intramolecular Hbond substituents is 1. The molecule has 0 aliphatic rings. The quantitative estimate of drug-likeness (QED) is 0.0992. The van der Waals surface area contributed by atoms with Crippen LogP contribution in [-0.4, -0.2) is 59.5 Å². The molecule has 4 aromatic carbocycles. The van der Waals surface area contributed by atoms with Crippen LogP contribution in [0, 0.1) is 0 Å². The molecule has 0 aliphatic carbocycles. The normalized spacial score (nSPS) is 11.0. The lowest BCUT2D eigenvalue weighted by atomic mass is 9.99. The van der Waals surface area contributed by atoms with Gasteiger partial charge in [0.25, 0.3) is 0 Å². The van der Waals surface area contributed by atoms with Crippen molar-refractivity contribution in [2.24, 2.45) is 0 Å². The standard InChI is InChI=1S/C25H24N2O4.C23H22N2O3/c1-5-21-20-13-24(30-4)23(29-3)12-19(20)17(14-26-21)11-18-10-9-16-7-6-8-22(25(16)27-18)31-15(2)28;1-4-19-18-12-22(28-3)21(27-2)11-17(18)15(13-24-19)10-16-9-8-14-6-5-7-20(26)23(14)25-16/h6-10,12-14H,5,11H2,1-4H3;5-9,11-13,26H,4,10H2,1-3H3. The Bertz CT molecular complexity index is 2840. The zero-order valence-corrected chi connectivity index (χ0v) is 34.3. The fourth-order valence-electron chi connectivity index (χ4n) is 7.36. The van der Waals surface area contributed by atoms with Crippen molar-refractivity contribution in [1.29, 1.82) is 0 Å². The summed E-state index contributed by atoms with van der Waals surface area (Å²) in [5, 5.41) is 16.2. The van der Waals surface area contributed by atoms with Gasteiger partial charge in [-0.05, 0) is 83.3 Å². The molecule has 11 heteroatoms. The summed E-state index contributed by atoms with van der Waals surface area (Å²) < 4.78 is 27.3. The van der Waals surface area contributed by atoms with Crippen LogP contribution in [0.15, 0.2) is 97.3 Å². The van der Waals surface area contributed by atoms with Gasteiger partial charge in [-0.25, -0.2) is 9.97 Å². The van der Waals surface area contributed by atoms with Crippen LogP contribution < -0.4 is 23.7 Å². The number of nitrogens with zero attached hydrogens (tertiary/aromatic N) is 4. The second-order valence-electron chi connectivity index (χ2n) is 13.9. The Balaban J connectivity index is 0.000000180. The lowest BCUT2D eigenvalue weighted by Gasteiger charge is -2.14. The smallest absolute Gasteiger partial charge is 0.308 e. The highest BCUT2D eigenvalue weighted by atomic mass is 16.5. The highest BCUT2D eigenvalue weighted by Gasteiger charge is 2.16. The summed E-state index contributed by atoms with van der Waals surface area (Å²) in [6, 6.07) is 26.9. The summed E-state index contributed by atoms with van der Waals surface area (Å²) in [4.78, 5) is 30.3. The number of para-hydroxylation sites is 2. The number of carbonyl (C=O) groups excluding carboxylic acids is 1. The number of esters is 1. The van der Waals surface area contributed by atoms with Gasteiger partial charge in [0, 0.05) is 76.5 Å². The van der Waals surface area contributed by atoms with Crippen molar-refractivity contribution in [2.75, 3.05) is 28.4 Å². The third kappa shape index (κ3) is 8.36. The van der Waals surface area contributed by atoms with Gasteiger partial charge in [-0.15, -0.1) is 0 Å². The molecule has 0 radical (unpaired) electrons. The topological polar surface area (TPSA) is 135 Å². The van der Waals surface area contributed by atoms with Crippen molar-refractivity contribution in [3.63, 3.8) is 0 Å². The molecule has 0 aliphatic heterocycles. The molecule has 4 heterocycles. The van der Waals surface area contributed by atoms with Crippen molar-refractivity contribution >= 4 is 49.3 Å². The number of ether oxygens (including phenoxy) is 5. The third-order valence-electron chi connectivity index (χ3n) is 10.3. The maximum Gasteiger partial charge on any atom is 0.308 e. The van der Waals surface area contributed by atoms with Crippen LogP contribution in [-0.2, 0) is 30.5 Å². The van der Waals surface area contributed by atoms with Crippen molar-refractivity contribution in [3.8, 4) is 34.5 Å². The zero-order valence-electron chi connectivity index (χ0n) is 34.3. The molecular weight excluding hydrogens is 745 g/mol. The van der Waals surface area contributed by atoms with Crippen LogP contribution in [0.3, 0.4) is 0 Å². The van der Waals surface area contributed by atoms with Gasteiger partial charge in [-0.1, -0.05) is 50.2 Å². The number of hydrogen-bond donors (Lipinski definition) is 1. The molecule has 0 amide bonds. The van der Waals surface area contributed by atoms with Crippen LogP contribution in [0.25, 0.3) is 43.4 Å². The molecule has 1 N–H and O–H groups in total. The Morgan fingerprint density at radius 3 is 1.46 bits per heavy atom. The first kappa shape index (κ1) is 40.2. The maximum atomic E-state index is 11.5. The van der Waals surface area contributed by atoms with Gasteiger partial charge in [0.1, 0.15) is 16.8 Å². The number of aromatic hydroxyl groups is 1. The van der Waals surface area contributed by atoms with E-state index in [1.165, 1.54) is 6.92 Å². The summed E-state index contributed by atoms with van der Waals surface area (Å²) in [5.41, 5.74) is 7.11. The Labute approximate surface area is 342 Å². The van der Waals surface area contributed by atoms with Crippen LogP contribution in [0.2, 0.25) is 0 Å². The number of hydrogen-bond acceptors (Lipinski definition) is 11. The molecule has 0 spiro atoms. The van der Waals surface area contributed by atoms with Gasteiger partial charge in [0.15, 0.2) is 28.7 Å². The molecule has 0 atom stereocenters. The molecule has 59 heavy (non-hydrogen) atoms. The number of benzene rings is 4. The molecule has 0 fully saturated rings. The van der Waals surface area contributed by atoms with E-state index in [-0.39, 0.29) is 11.7 Å². The molecule has 4 aromatic heterocycles. The fourth-order valence-corrected chi connectivity index (χ4v) is 7.36. The van der Waals surface area contributed by atoms with E-state index in [4.69, 9.17) is 28.7 Å². The Morgan fingerprint density at radius 2 is 1.00 bits per heavy atom. The van der Waals surface area contributed by atoms with Crippen LogP contribution >= 0.6 is 0 Å². The molecular formula is C48H46N4O7. The molecule has 0 bridgehead atoms. The van der Waals surface area contributed by atoms with Crippen LogP contribution in [0.5, 0.6) is 34.5 Å². The summed E-state index contributed by atoms with van der Waals surface area (Å²) in [6.45, 7) is 5.56. The van der Waals surface area contributed by atoms with E-state index < -0.39 is 0 Å². The molecule has 0 saturated heterocycles. The van der Waals surface area contributed by atoms with E-state index in [1.807, 2.05) is 85.2 Å². The lowest BCUT2D eigenvalue weighted by molar-refractivity contribution is -0.131. The fraction of sp³-hybridized carbons (Fsp3) is 0.229. The maximum absolute atomic E-state index is 11.5. The Kier molecular flexibility index (Phi) is 12.0. The molecule has 8 aromatic rings. The van der Waals surface area contributed by atoms with Crippen molar-refractivity contribution in [3.05, 3.63) is 131 Å². The van der Waals surface area contributed by atoms with E-state index in [9.17, 15) is 9.90 Å². The summed E-state index contributed by atoms with van der Waals surface area (Å²) in [6.07, 6.45) is 6.63. The SMILES string of the molecule is CCc1ncc(Cc2ccc3cccc(O)c3n2)c2cc(OC)c(OC)cc12.CCc1ncc(Cc2ccc3cccc(OC(C)=O)c3n2)c2cc(OC)c(OC)cc12. The third-order valence-corrected chi connectivity index (χ3v) is 10.3. The summed E-state index contributed by atoms with van der Waals surface area (Å²) in [7, 11) is 6.54. The number of fused-ring (bicyclic) bond motifs is 4. The number of methoxy groups -OCH3 is 4. The largest absolute Gasteiger partial charge is 0.506 e. The highest BCUT2D eigenvalue weighted by Crippen LogP contribution is 2.37. The van der Waals surface area contributed by atoms with Gasteiger partial charge in [-0.2, -0.15) is 0 Å². The lowest BCUT2D eigenvalue weighted by Crippen LogP contribution is -2.03. The van der Waals surface area contributed by atoms with E-state index in [0.29, 0.717) is 52.6 Å². The number of phenols is 1. The zero-order chi connectivity index (χ0) is 41.6. The first-order valence-corrected chi connectivity index (χ1v) is 19.4. The average molecular weight is 791 g/mol. The monoisotopic (exact) mass is 790 g/mol. The predicted octanol–water partition coefficient (Wildman–Crippen LogP) is 9.54. The summed E-state index contributed by atoms with van der Waals surface area (Å²) in [5.74, 6) is 3.02. The van der Waals surface area contributed by atoms with Gasteiger partial charge in [0.2, 0.25) is 0 Å². The number of rotatable bonds is 11. The minimum Gasteiger partial charge on any atom is -0.506 e. The molecule has 8 rings (SSSR count). The predicted molar refractivity (Wildman–Crippen MR) is 231 cm³/mol. The molecule has 0 unspecified atom stereocenters. The van der Waals surface area contributed by atoms with Crippen molar-refractivity contribution in [1.82, 2.24) is 19.9 Å². The van der Waals surface area contributed by atoms with Crippen LogP contribution in [0.4, 0.5) is 0 Å². The van der Waals surface area contributed by atoms with E-state index in [0.717, 1.165) is 79.1 Å². The number of aryl methyl sites for hydroxylation is 2. The van der Waals surface area contributed by atoms with E-state index >= 15 is 0 Å². The average Bonchev–Trinajstić information content (AvgIpc) is 3.26. The van der Waals surface area contributed by atoms with Crippen LogP contribution in [0.1, 0.15) is 54.7 Å². The van der Waals surface area contributed by atoms with E-state index in [1.54, 1.807) is 40.6 Å². The van der Waals surface area contributed by atoms with Gasteiger partial charge >= 0.3 is 5.97 Å². The number of pyridine rings is 4. The van der Waals surface area contributed by atoms with Gasteiger partial charge in [-0.3, -0.25) is 14.8 Å². The first-order valence-electron chi connectivity index (χ1n) is 19.4. The Hall–Kier alpha value is -7.01. The van der Waals surface area contributed by atoms with Crippen molar-refractivity contribution < 1.29 is 33.6 Å². The first-order chi connectivity index (χ1) is 28.7. The molecule has 300 valence electrons. The van der Waals surface area contributed by atoms with E-state index in [2.05, 4.69) is 28.8 Å².